The molecule has 0 bridgehead atoms. The van der Waals surface area contributed by atoms with E-state index in [1.807, 2.05) is 31.2 Å². The van der Waals surface area contributed by atoms with E-state index in [0.29, 0.717) is 6.54 Å². The Balaban J connectivity index is 1.27. The van der Waals surface area contributed by atoms with Crippen molar-refractivity contribution in [3.05, 3.63) is 59.7 Å². The first-order valence-electron chi connectivity index (χ1n) is 10.9. The summed E-state index contributed by atoms with van der Waals surface area (Å²) in [7, 11) is 0. The normalized spacial score (nSPS) is 21.7. The molecule has 7 heteroatoms. The molecule has 168 valence electrons. The molecule has 0 spiro atoms. The van der Waals surface area contributed by atoms with E-state index in [4.69, 9.17) is 4.74 Å². The Morgan fingerprint density at radius 2 is 1.69 bits per heavy atom. The molecule has 1 fully saturated rings. The van der Waals surface area contributed by atoms with Crippen molar-refractivity contribution in [2.75, 3.05) is 26.2 Å². The van der Waals surface area contributed by atoms with Gasteiger partial charge in [-0.05, 0) is 35.1 Å². The molecule has 2 aliphatic rings. The van der Waals surface area contributed by atoms with Crippen molar-refractivity contribution in [3.63, 3.8) is 0 Å². The predicted molar refractivity (Wildman–Crippen MR) is 119 cm³/mol. The van der Waals surface area contributed by atoms with Gasteiger partial charge in [0.1, 0.15) is 6.61 Å². The minimum Gasteiger partial charge on any atom is -0.481 e. The highest BCUT2D eigenvalue weighted by molar-refractivity contribution is 5.81. The Hall–Kier alpha value is -3.35. The number of carbonyl (C=O) groups excluding carboxylic acids is 2. The molecular weight excluding hydrogens is 408 g/mol. The number of hydrogen-bond donors (Lipinski definition) is 2. The Bertz CT molecular complexity index is 1010. The highest BCUT2D eigenvalue weighted by atomic mass is 16.5. The zero-order chi connectivity index (χ0) is 22.9. The molecule has 32 heavy (non-hydrogen) atoms. The number of carbonyl (C=O) groups is 3. The van der Waals surface area contributed by atoms with Crippen LogP contribution in [0.15, 0.2) is 48.5 Å². The molecule has 1 heterocycles. The van der Waals surface area contributed by atoms with Crippen LogP contribution in [0.1, 0.15) is 37.3 Å². The molecule has 1 saturated heterocycles. The van der Waals surface area contributed by atoms with Crippen LogP contribution in [0, 0.1) is 11.3 Å². The van der Waals surface area contributed by atoms with Crippen LogP contribution in [-0.2, 0) is 14.3 Å². The van der Waals surface area contributed by atoms with Crippen molar-refractivity contribution in [3.8, 4) is 11.1 Å². The van der Waals surface area contributed by atoms with Crippen LogP contribution in [0.5, 0.6) is 0 Å². The second-order valence-corrected chi connectivity index (χ2v) is 8.90. The van der Waals surface area contributed by atoms with E-state index in [0.717, 1.165) is 22.3 Å². The third-order valence-electron chi connectivity index (χ3n) is 6.89. The number of nitrogens with one attached hydrogen (secondary N) is 1. The fourth-order valence-electron chi connectivity index (χ4n) is 4.70. The quantitative estimate of drug-likeness (QED) is 0.723. The van der Waals surface area contributed by atoms with Gasteiger partial charge in [-0.3, -0.25) is 9.59 Å². The van der Waals surface area contributed by atoms with Gasteiger partial charge in [0, 0.05) is 32.0 Å². The van der Waals surface area contributed by atoms with Crippen LogP contribution in [-0.4, -0.2) is 54.2 Å². The number of alkyl carbamates (subject to hydrolysis) is 1. The monoisotopic (exact) mass is 436 g/mol. The maximum atomic E-state index is 12.5. The number of ether oxygens (including phenoxy) is 1. The Kier molecular flexibility index (Phi) is 5.91. The van der Waals surface area contributed by atoms with E-state index in [-0.39, 0.29) is 43.9 Å². The molecule has 7 nitrogen and oxygen atoms in total. The van der Waals surface area contributed by atoms with Gasteiger partial charge < -0.3 is 20.1 Å². The maximum Gasteiger partial charge on any atom is 0.407 e. The number of rotatable bonds is 6. The van der Waals surface area contributed by atoms with Crippen LogP contribution in [0.2, 0.25) is 0 Å². The topological polar surface area (TPSA) is 95.9 Å². The minimum absolute atomic E-state index is 0.0189. The maximum absolute atomic E-state index is 12.5. The van der Waals surface area contributed by atoms with E-state index in [9.17, 15) is 19.5 Å². The fraction of sp³-hybridized carbons (Fsp3) is 0.400. The summed E-state index contributed by atoms with van der Waals surface area (Å²) >= 11 is 0. The van der Waals surface area contributed by atoms with Gasteiger partial charge in [0.2, 0.25) is 5.91 Å². The van der Waals surface area contributed by atoms with E-state index in [2.05, 4.69) is 29.6 Å². The van der Waals surface area contributed by atoms with Gasteiger partial charge in [0.15, 0.2) is 0 Å². The molecular formula is C25H28N2O5. The largest absolute Gasteiger partial charge is 0.481 e. The van der Waals surface area contributed by atoms with Crippen molar-refractivity contribution in [2.45, 2.75) is 26.2 Å². The van der Waals surface area contributed by atoms with E-state index < -0.39 is 17.5 Å². The summed E-state index contributed by atoms with van der Waals surface area (Å²) in [5, 5.41) is 12.1. The lowest BCUT2D eigenvalue weighted by atomic mass is 9.81. The highest BCUT2D eigenvalue weighted by Crippen LogP contribution is 2.44. The molecule has 2 N–H and O–H groups in total. The standard InChI is InChI=1S/C25H28N2O5/c1-16-13-27(15-25(16,2)23(29)30)22(28)11-12-26-24(31)32-14-21-19-9-5-3-7-17(19)18-8-4-6-10-20(18)21/h3-10,16,21H,11-15H2,1-2H3,(H,26,31)(H,29,30)/t16-,25-/m1/s1. The molecule has 4 rings (SSSR count). The Morgan fingerprint density at radius 3 is 2.25 bits per heavy atom. The second-order valence-electron chi connectivity index (χ2n) is 8.90. The summed E-state index contributed by atoms with van der Waals surface area (Å²) in [6, 6.07) is 16.2. The lowest BCUT2D eigenvalue weighted by Crippen LogP contribution is -2.37. The van der Waals surface area contributed by atoms with E-state index in [1.165, 1.54) is 0 Å². The van der Waals surface area contributed by atoms with Gasteiger partial charge in [-0.2, -0.15) is 0 Å². The van der Waals surface area contributed by atoms with Gasteiger partial charge >= 0.3 is 12.1 Å². The summed E-state index contributed by atoms with van der Waals surface area (Å²) in [5.74, 6) is -1.20. The van der Waals surface area contributed by atoms with Crippen molar-refractivity contribution in [2.24, 2.45) is 11.3 Å². The number of hydrogen-bond acceptors (Lipinski definition) is 4. The van der Waals surface area contributed by atoms with Gasteiger partial charge in [-0.25, -0.2) is 4.79 Å². The third kappa shape index (κ3) is 3.95. The first-order valence-corrected chi connectivity index (χ1v) is 10.9. The number of benzene rings is 2. The molecule has 0 unspecified atom stereocenters. The molecule has 1 aliphatic heterocycles. The van der Waals surface area contributed by atoms with Crippen LogP contribution < -0.4 is 5.32 Å². The first kappa shape index (κ1) is 21.9. The predicted octanol–water partition coefficient (Wildman–Crippen LogP) is 3.48. The summed E-state index contributed by atoms with van der Waals surface area (Å²) in [5.41, 5.74) is 3.67. The van der Waals surface area contributed by atoms with Crippen molar-refractivity contribution in [1.82, 2.24) is 10.2 Å². The van der Waals surface area contributed by atoms with Gasteiger partial charge in [0.05, 0.1) is 5.41 Å². The average Bonchev–Trinajstić information content (AvgIpc) is 3.27. The fourth-order valence-corrected chi connectivity index (χ4v) is 4.70. The van der Waals surface area contributed by atoms with Crippen molar-refractivity contribution in [1.29, 1.82) is 0 Å². The molecule has 2 aromatic carbocycles. The third-order valence-corrected chi connectivity index (χ3v) is 6.89. The summed E-state index contributed by atoms with van der Waals surface area (Å²) < 4.78 is 5.48. The number of amides is 2. The van der Waals surface area contributed by atoms with Gasteiger partial charge in [-0.15, -0.1) is 0 Å². The molecule has 1 aliphatic carbocycles. The molecule has 0 aromatic heterocycles. The smallest absolute Gasteiger partial charge is 0.407 e. The molecule has 0 saturated carbocycles. The number of carboxylic acids is 1. The van der Waals surface area contributed by atoms with Crippen molar-refractivity contribution >= 4 is 18.0 Å². The molecule has 2 aromatic rings. The van der Waals surface area contributed by atoms with Gasteiger partial charge in [0.25, 0.3) is 0 Å². The first-order chi connectivity index (χ1) is 15.3. The molecule has 2 atom stereocenters. The number of aliphatic carboxylic acids is 1. The van der Waals surface area contributed by atoms with Crippen LogP contribution in [0.4, 0.5) is 4.79 Å². The lowest BCUT2D eigenvalue weighted by molar-refractivity contribution is -0.149. The van der Waals surface area contributed by atoms with Gasteiger partial charge in [-0.1, -0.05) is 55.5 Å². The lowest BCUT2D eigenvalue weighted by Gasteiger charge is -2.22. The van der Waals surface area contributed by atoms with Crippen LogP contribution >= 0.6 is 0 Å². The summed E-state index contributed by atoms with van der Waals surface area (Å²) in [4.78, 5) is 37.8. The van der Waals surface area contributed by atoms with E-state index in [1.54, 1.807) is 11.8 Å². The Morgan fingerprint density at radius 1 is 1.09 bits per heavy atom. The SMILES string of the molecule is C[C@@H]1CN(C(=O)CCNC(=O)OCC2c3ccccc3-c3ccccc32)C[C@@]1(C)C(=O)O. The summed E-state index contributed by atoms with van der Waals surface area (Å²) in [6.07, 6.45) is -0.461. The van der Waals surface area contributed by atoms with Crippen molar-refractivity contribution < 1.29 is 24.2 Å². The second kappa shape index (κ2) is 8.65. The molecule has 0 radical (unpaired) electrons. The average molecular weight is 437 g/mol. The van der Waals surface area contributed by atoms with E-state index >= 15 is 0 Å². The highest BCUT2D eigenvalue weighted by Gasteiger charge is 2.47. The zero-order valence-electron chi connectivity index (χ0n) is 18.3. The zero-order valence-corrected chi connectivity index (χ0v) is 18.3. The number of likely N-dealkylation sites (tertiary alicyclic amines) is 1. The number of carboxylic acid groups (broad SMARTS) is 1. The summed E-state index contributed by atoms with van der Waals surface area (Å²) in [6.45, 7) is 4.47. The Labute approximate surface area is 187 Å². The number of fused-ring (bicyclic) bond motifs is 3. The molecule has 2 amide bonds. The van der Waals surface area contributed by atoms with Crippen LogP contribution in [0.3, 0.4) is 0 Å². The van der Waals surface area contributed by atoms with Crippen LogP contribution in [0.25, 0.3) is 11.1 Å². The number of nitrogens with zero attached hydrogens (tertiary/aromatic N) is 1. The minimum atomic E-state index is -0.935.